The summed E-state index contributed by atoms with van der Waals surface area (Å²) < 4.78 is 38.8. The van der Waals surface area contributed by atoms with E-state index < -0.39 is 12.1 Å². The molecule has 0 unspecified atom stereocenters. The third-order valence-corrected chi connectivity index (χ3v) is 2.49. The van der Waals surface area contributed by atoms with Crippen molar-refractivity contribution in [3.8, 4) is 0 Å². The predicted octanol–water partition coefficient (Wildman–Crippen LogP) is 1.59. The van der Waals surface area contributed by atoms with Crippen molar-refractivity contribution in [2.75, 3.05) is 5.73 Å². The van der Waals surface area contributed by atoms with Crippen molar-refractivity contribution < 1.29 is 13.2 Å². The van der Waals surface area contributed by atoms with Crippen molar-refractivity contribution in [3.63, 3.8) is 0 Å². The van der Waals surface area contributed by atoms with Gasteiger partial charge >= 0.3 is 6.18 Å². The van der Waals surface area contributed by atoms with Crippen molar-refractivity contribution in [2.45, 2.75) is 25.6 Å². The van der Waals surface area contributed by atoms with Crippen LogP contribution in [0.2, 0.25) is 0 Å². The average Bonchev–Trinajstić information content (AvgIpc) is 2.41. The monoisotopic (exact) mass is 205 g/mol. The first-order valence-corrected chi connectivity index (χ1v) is 4.35. The molecule has 0 bridgehead atoms. The second-order valence-corrected chi connectivity index (χ2v) is 3.51. The van der Waals surface area contributed by atoms with E-state index in [1.807, 2.05) is 0 Å². The number of aromatic nitrogens is 2. The molecule has 1 aliphatic rings. The molecule has 1 atom stereocenters. The Morgan fingerprint density at radius 1 is 1.50 bits per heavy atom. The molecule has 0 radical (unpaired) electrons. The molecule has 0 amide bonds. The summed E-state index contributed by atoms with van der Waals surface area (Å²) in [5, 5.41) is 0. The molecule has 0 aliphatic carbocycles. The van der Waals surface area contributed by atoms with Crippen LogP contribution in [-0.2, 0) is 13.0 Å². The van der Waals surface area contributed by atoms with Crippen LogP contribution in [-0.4, -0.2) is 15.7 Å². The van der Waals surface area contributed by atoms with Crippen molar-refractivity contribution in [2.24, 2.45) is 5.92 Å². The number of alkyl halides is 3. The molecular weight excluding hydrogens is 195 g/mol. The smallest absolute Gasteiger partial charge is 0.382 e. The van der Waals surface area contributed by atoms with Gasteiger partial charge in [-0.05, 0) is 6.42 Å². The molecule has 0 fully saturated rings. The van der Waals surface area contributed by atoms with Gasteiger partial charge in [0.2, 0.25) is 0 Å². The predicted molar refractivity (Wildman–Crippen MR) is 44.5 cm³/mol. The van der Waals surface area contributed by atoms with Gasteiger partial charge in [-0.25, -0.2) is 4.98 Å². The minimum Gasteiger partial charge on any atom is -0.382 e. The molecule has 14 heavy (non-hydrogen) atoms. The number of nitrogen functional groups attached to an aromatic ring is 1. The van der Waals surface area contributed by atoms with E-state index in [0.29, 0.717) is 18.2 Å². The summed E-state index contributed by atoms with van der Waals surface area (Å²) in [6.45, 7) is 0.351. The number of nitrogens with two attached hydrogens (primary N) is 1. The first-order chi connectivity index (χ1) is 6.47. The Morgan fingerprint density at radius 3 is 2.86 bits per heavy atom. The SMILES string of the molecule is Nc1cn2c(n1)C[C@H](C(F)(F)F)CC2. The van der Waals surface area contributed by atoms with Crippen LogP contribution >= 0.6 is 0 Å². The van der Waals surface area contributed by atoms with Crippen molar-refractivity contribution in [1.82, 2.24) is 9.55 Å². The lowest BCUT2D eigenvalue weighted by molar-refractivity contribution is -0.179. The molecule has 3 nitrogen and oxygen atoms in total. The fraction of sp³-hybridized carbons (Fsp3) is 0.625. The maximum atomic E-state index is 12.4. The molecule has 0 saturated heterocycles. The number of fused-ring (bicyclic) bond motifs is 1. The highest BCUT2D eigenvalue weighted by Gasteiger charge is 2.41. The standard InChI is InChI=1S/C8H10F3N3/c9-8(10,11)5-1-2-14-4-6(12)13-7(14)3-5/h4-5H,1-3,12H2/t5-/m1/s1. The number of rotatable bonds is 0. The number of nitrogens with zero attached hydrogens (tertiary/aromatic N) is 2. The van der Waals surface area contributed by atoms with Crippen LogP contribution in [0.1, 0.15) is 12.2 Å². The highest BCUT2D eigenvalue weighted by atomic mass is 19.4. The molecule has 2 N–H and O–H groups in total. The van der Waals surface area contributed by atoms with Crippen LogP contribution < -0.4 is 5.73 Å². The van der Waals surface area contributed by atoms with Gasteiger partial charge in [-0.1, -0.05) is 0 Å². The number of aryl methyl sites for hydroxylation is 1. The summed E-state index contributed by atoms with van der Waals surface area (Å²) in [7, 11) is 0. The maximum Gasteiger partial charge on any atom is 0.392 e. The van der Waals surface area contributed by atoms with Crippen molar-refractivity contribution in [1.29, 1.82) is 0 Å². The first kappa shape index (κ1) is 9.36. The van der Waals surface area contributed by atoms with E-state index in [1.54, 1.807) is 10.8 Å². The Kier molecular flexibility index (Phi) is 1.94. The molecule has 0 aromatic carbocycles. The lowest BCUT2D eigenvalue weighted by Gasteiger charge is -2.24. The van der Waals surface area contributed by atoms with Gasteiger partial charge in [-0.3, -0.25) is 0 Å². The zero-order valence-electron chi connectivity index (χ0n) is 7.38. The zero-order valence-corrected chi connectivity index (χ0v) is 7.38. The minimum atomic E-state index is -4.12. The Bertz CT molecular complexity index is 342. The number of hydrogen-bond acceptors (Lipinski definition) is 2. The van der Waals surface area contributed by atoms with E-state index in [1.165, 1.54) is 0 Å². The van der Waals surface area contributed by atoms with Gasteiger partial charge in [0.25, 0.3) is 0 Å². The van der Waals surface area contributed by atoms with Gasteiger partial charge in [0.15, 0.2) is 0 Å². The number of imidazole rings is 1. The van der Waals surface area contributed by atoms with E-state index in [2.05, 4.69) is 4.98 Å². The fourth-order valence-electron chi connectivity index (χ4n) is 1.73. The van der Waals surface area contributed by atoms with Gasteiger partial charge in [0, 0.05) is 19.2 Å². The van der Waals surface area contributed by atoms with E-state index in [0.717, 1.165) is 0 Å². The van der Waals surface area contributed by atoms with Crippen LogP contribution in [0.15, 0.2) is 6.20 Å². The number of halogens is 3. The molecule has 1 aliphatic heterocycles. The van der Waals surface area contributed by atoms with Crippen LogP contribution in [0.4, 0.5) is 19.0 Å². The van der Waals surface area contributed by atoms with Gasteiger partial charge in [-0.15, -0.1) is 0 Å². The lowest BCUT2D eigenvalue weighted by Crippen LogP contribution is -2.31. The summed E-state index contributed by atoms with van der Waals surface area (Å²) in [6.07, 6.45) is -2.47. The zero-order chi connectivity index (χ0) is 10.3. The normalized spacial score (nSPS) is 22.1. The summed E-state index contributed by atoms with van der Waals surface area (Å²) in [5.41, 5.74) is 5.40. The molecule has 2 heterocycles. The van der Waals surface area contributed by atoms with Crippen LogP contribution in [0.5, 0.6) is 0 Å². The van der Waals surface area contributed by atoms with E-state index in [9.17, 15) is 13.2 Å². The maximum absolute atomic E-state index is 12.4. The third kappa shape index (κ3) is 1.56. The topological polar surface area (TPSA) is 43.8 Å². The summed E-state index contributed by atoms with van der Waals surface area (Å²) in [6, 6.07) is 0. The Balaban J connectivity index is 2.21. The molecule has 2 rings (SSSR count). The van der Waals surface area contributed by atoms with Crippen LogP contribution in [0.3, 0.4) is 0 Å². The largest absolute Gasteiger partial charge is 0.392 e. The summed E-state index contributed by atoms with van der Waals surface area (Å²) >= 11 is 0. The van der Waals surface area contributed by atoms with Crippen molar-refractivity contribution in [3.05, 3.63) is 12.0 Å². The van der Waals surface area contributed by atoms with Gasteiger partial charge < -0.3 is 10.3 Å². The Morgan fingerprint density at radius 2 is 2.21 bits per heavy atom. The van der Waals surface area contributed by atoms with Crippen LogP contribution in [0, 0.1) is 5.92 Å². The third-order valence-electron chi connectivity index (χ3n) is 2.49. The van der Waals surface area contributed by atoms with Crippen LogP contribution in [0.25, 0.3) is 0 Å². The molecule has 0 spiro atoms. The second kappa shape index (κ2) is 2.90. The molecule has 1 aromatic heterocycles. The molecule has 1 aromatic rings. The van der Waals surface area contributed by atoms with E-state index in [-0.39, 0.29) is 12.8 Å². The minimum absolute atomic E-state index is 0.0549. The molecule has 0 saturated carbocycles. The number of anilines is 1. The molecule has 78 valence electrons. The Hall–Kier alpha value is -1.20. The molecular formula is C8H10F3N3. The Labute approximate surface area is 78.7 Å². The quantitative estimate of drug-likeness (QED) is 0.699. The first-order valence-electron chi connectivity index (χ1n) is 4.35. The summed E-state index contributed by atoms with van der Waals surface area (Å²) in [4.78, 5) is 3.86. The average molecular weight is 205 g/mol. The number of hydrogen-bond donors (Lipinski definition) is 1. The highest BCUT2D eigenvalue weighted by Crippen LogP contribution is 2.34. The lowest BCUT2D eigenvalue weighted by atomic mass is 9.97. The van der Waals surface area contributed by atoms with Gasteiger partial charge in [0.1, 0.15) is 11.6 Å². The van der Waals surface area contributed by atoms with E-state index in [4.69, 9.17) is 5.73 Å². The summed E-state index contributed by atoms with van der Waals surface area (Å²) in [5.74, 6) is -0.532. The fourth-order valence-corrected chi connectivity index (χ4v) is 1.73. The highest BCUT2D eigenvalue weighted by molar-refractivity contribution is 5.26. The van der Waals surface area contributed by atoms with Gasteiger partial charge in [0.05, 0.1) is 5.92 Å². The second-order valence-electron chi connectivity index (χ2n) is 3.51. The molecule has 6 heteroatoms. The van der Waals surface area contributed by atoms with Gasteiger partial charge in [-0.2, -0.15) is 13.2 Å². The van der Waals surface area contributed by atoms with E-state index >= 15 is 0 Å². The van der Waals surface area contributed by atoms with Crippen molar-refractivity contribution >= 4 is 5.82 Å².